The van der Waals surface area contributed by atoms with Gasteiger partial charge in [0.05, 0.1) is 12.1 Å². The van der Waals surface area contributed by atoms with Crippen molar-refractivity contribution in [1.82, 2.24) is 15.6 Å². The van der Waals surface area contributed by atoms with Gasteiger partial charge in [-0.15, -0.1) is 36.2 Å². The highest BCUT2D eigenvalue weighted by molar-refractivity contribution is 7.09. The lowest BCUT2D eigenvalue weighted by Crippen LogP contribution is -2.41. The van der Waals surface area contributed by atoms with Crippen molar-refractivity contribution in [3.05, 3.63) is 16.6 Å². The quantitative estimate of drug-likeness (QED) is 0.897. The molecular weight excluding hydrogens is 293 g/mol. The Balaban J connectivity index is 0.00000144. The molecule has 2 N–H and O–H groups in total. The largest absolute Gasteiger partial charge is 0.346 e. The molecule has 104 valence electrons. The van der Waals surface area contributed by atoms with E-state index in [9.17, 15) is 4.79 Å². The molecule has 1 aromatic heterocycles. The van der Waals surface area contributed by atoms with E-state index in [0.29, 0.717) is 0 Å². The van der Waals surface area contributed by atoms with Gasteiger partial charge < -0.3 is 10.6 Å². The zero-order valence-electron chi connectivity index (χ0n) is 10.2. The van der Waals surface area contributed by atoms with Gasteiger partial charge in [0.25, 0.3) is 0 Å². The normalized spacial score (nSPS) is 19.5. The van der Waals surface area contributed by atoms with Gasteiger partial charge in [0.2, 0.25) is 5.91 Å². The lowest BCUT2D eigenvalue weighted by molar-refractivity contribution is -0.123. The van der Waals surface area contributed by atoms with Crippen LogP contribution in [0.25, 0.3) is 0 Å². The van der Waals surface area contributed by atoms with Crippen molar-refractivity contribution in [2.45, 2.75) is 38.3 Å². The van der Waals surface area contributed by atoms with E-state index in [-0.39, 0.29) is 42.8 Å². The summed E-state index contributed by atoms with van der Waals surface area (Å²) in [5.41, 5.74) is 0. The van der Waals surface area contributed by atoms with Crippen LogP contribution in [0.3, 0.4) is 0 Å². The number of amides is 1. The zero-order valence-corrected chi connectivity index (χ0v) is 12.7. The molecule has 1 amide bonds. The molecule has 0 aliphatic carbocycles. The average Bonchev–Trinajstić information content (AvgIpc) is 2.96. The maximum atomic E-state index is 11.9. The number of carbonyl (C=O) groups is 1. The van der Waals surface area contributed by atoms with Gasteiger partial charge in [-0.05, 0) is 25.8 Å². The smallest absolute Gasteiger partial charge is 0.237 e. The number of hydrogen-bond acceptors (Lipinski definition) is 4. The Hall–Kier alpha value is -0.360. The minimum absolute atomic E-state index is 0. The van der Waals surface area contributed by atoms with Crippen molar-refractivity contribution < 1.29 is 4.79 Å². The summed E-state index contributed by atoms with van der Waals surface area (Å²) in [5.74, 6) is 0.111. The molecule has 4 nitrogen and oxygen atoms in total. The number of hydrogen-bond donors (Lipinski definition) is 2. The van der Waals surface area contributed by atoms with Gasteiger partial charge in [0.15, 0.2) is 0 Å². The van der Waals surface area contributed by atoms with Crippen LogP contribution in [-0.2, 0) is 4.79 Å². The summed E-state index contributed by atoms with van der Waals surface area (Å²) in [5, 5.41) is 9.20. The van der Waals surface area contributed by atoms with Crippen molar-refractivity contribution in [1.29, 1.82) is 0 Å². The predicted molar refractivity (Wildman–Crippen MR) is 78.8 cm³/mol. The Morgan fingerprint density at radius 1 is 1.67 bits per heavy atom. The van der Waals surface area contributed by atoms with E-state index in [2.05, 4.69) is 22.5 Å². The van der Waals surface area contributed by atoms with E-state index < -0.39 is 0 Å². The lowest BCUT2D eigenvalue weighted by atomic mass is 10.2. The number of rotatable bonds is 4. The first kappa shape index (κ1) is 17.6. The molecule has 2 heterocycles. The van der Waals surface area contributed by atoms with Crippen LogP contribution in [0.15, 0.2) is 11.6 Å². The molecule has 0 saturated carbocycles. The topological polar surface area (TPSA) is 54.0 Å². The van der Waals surface area contributed by atoms with Gasteiger partial charge in [0.1, 0.15) is 5.01 Å². The average molecular weight is 312 g/mol. The van der Waals surface area contributed by atoms with Crippen LogP contribution in [0.2, 0.25) is 0 Å². The van der Waals surface area contributed by atoms with Crippen LogP contribution >= 0.6 is 36.2 Å². The van der Waals surface area contributed by atoms with Crippen LogP contribution in [0.4, 0.5) is 0 Å². The Labute approximate surface area is 124 Å². The number of nitrogens with one attached hydrogen (secondary N) is 2. The summed E-state index contributed by atoms with van der Waals surface area (Å²) >= 11 is 1.59. The number of halogens is 2. The number of thiazole rings is 1. The van der Waals surface area contributed by atoms with Gasteiger partial charge in [-0.25, -0.2) is 4.98 Å². The summed E-state index contributed by atoms with van der Waals surface area (Å²) < 4.78 is 0. The fraction of sp³-hybridized carbons (Fsp3) is 0.636. The second-order valence-corrected chi connectivity index (χ2v) is 4.91. The second-order valence-electron chi connectivity index (χ2n) is 3.99. The molecule has 0 radical (unpaired) electrons. The van der Waals surface area contributed by atoms with Gasteiger partial charge in [0, 0.05) is 11.6 Å². The fourth-order valence-electron chi connectivity index (χ4n) is 1.93. The molecule has 2 atom stereocenters. The Kier molecular flexibility index (Phi) is 8.52. The number of aromatic nitrogens is 1. The first-order chi connectivity index (χ1) is 7.81. The van der Waals surface area contributed by atoms with E-state index in [4.69, 9.17) is 0 Å². The van der Waals surface area contributed by atoms with E-state index in [0.717, 1.165) is 30.8 Å². The van der Waals surface area contributed by atoms with E-state index in [1.54, 1.807) is 17.5 Å². The van der Waals surface area contributed by atoms with Crippen molar-refractivity contribution in [2.24, 2.45) is 0 Å². The minimum atomic E-state index is -0.00554. The fourth-order valence-corrected chi connectivity index (χ4v) is 2.70. The summed E-state index contributed by atoms with van der Waals surface area (Å²) in [6, 6.07) is 0.0592. The summed E-state index contributed by atoms with van der Waals surface area (Å²) in [6.45, 7) is 3.01. The van der Waals surface area contributed by atoms with Crippen LogP contribution in [-0.4, -0.2) is 23.5 Å². The lowest BCUT2D eigenvalue weighted by Gasteiger charge is -2.17. The summed E-state index contributed by atoms with van der Waals surface area (Å²) in [4.78, 5) is 16.2. The highest BCUT2D eigenvalue weighted by Gasteiger charge is 2.24. The molecule has 1 aliphatic rings. The van der Waals surface area contributed by atoms with Crippen molar-refractivity contribution in [2.75, 3.05) is 6.54 Å². The van der Waals surface area contributed by atoms with E-state index >= 15 is 0 Å². The molecular formula is C11H19Cl2N3OS. The molecule has 2 rings (SSSR count). The first-order valence-electron chi connectivity index (χ1n) is 5.74. The standard InChI is InChI=1S/C11H17N3OS.2ClH/c1-2-8(11-13-6-7-16-11)14-10(15)9-4-3-5-12-9;;/h6-9,12H,2-5H2,1H3,(H,14,15);2*1H/t8?,9-;;/m0../s1. The van der Waals surface area contributed by atoms with Crippen LogP contribution in [0, 0.1) is 0 Å². The molecule has 1 aromatic rings. The Bertz CT molecular complexity index is 342. The Morgan fingerprint density at radius 2 is 2.44 bits per heavy atom. The summed E-state index contributed by atoms with van der Waals surface area (Å²) in [7, 11) is 0. The van der Waals surface area contributed by atoms with Crippen LogP contribution in [0.5, 0.6) is 0 Å². The third-order valence-corrected chi connectivity index (χ3v) is 3.74. The van der Waals surface area contributed by atoms with Crippen molar-refractivity contribution >= 4 is 42.1 Å². The van der Waals surface area contributed by atoms with Gasteiger partial charge in [-0.1, -0.05) is 6.92 Å². The molecule has 1 fully saturated rings. The molecule has 0 spiro atoms. The van der Waals surface area contributed by atoms with Gasteiger partial charge in [-0.2, -0.15) is 0 Å². The molecule has 1 aliphatic heterocycles. The van der Waals surface area contributed by atoms with E-state index in [1.165, 1.54) is 0 Å². The predicted octanol–water partition coefficient (Wildman–Crippen LogP) is 2.31. The molecule has 1 unspecified atom stereocenters. The highest BCUT2D eigenvalue weighted by Crippen LogP contribution is 2.19. The SMILES string of the molecule is CCC(NC(=O)[C@@H]1CCCN1)c1nccs1.Cl.Cl. The van der Waals surface area contributed by atoms with Gasteiger partial charge in [-0.3, -0.25) is 4.79 Å². The third-order valence-electron chi connectivity index (χ3n) is 2.85. The molecule has 7 heteroatoms. The summed E-state index contributed by atoms with van der Waals surface area (Å²) in [6.07, 6.45) is 4.70. The van der Waals surface area contributed by atoms with Gasteiger partial charge >= 0.3 is 0 Å². The minimum Gasteiger partial charge on any atom is -0.346 e. The zero-order chi connectivity index (χ0) is 11.4. The third kappa shape index (κ3) is 4.39. The van der Waals surface area contributed by atoms with Crippen molar-refractivity contribution in [3.63, 3.8) is 0 Å². The number of nitrogens with zero attached hydrogens (tertiary/aromatic N) is 1. The Morgan fingerprint density at radius 3 is 2.94 bits per heavy atom. The molecule has 1 saturated heterocycles. The van der Waals surface area contributed by atoms with Crippen molar-refractivity contribution in [3.8, 4) is 0 Å². The maximum absolute atomic E-state index is 11.9. The van der Waals surface area contributed by atoms with Crippen LogP contribution in [0.1, 0.15) is 37.2 Å². The molecule has 18 heavy (non-hydrogen) atoms. The van der Waals surface area contributed by atoms with E-state index in [1.807, 2.05) is 5.38 Å². The second kappa shape index (κ2) is 8.69. The number of carbonyl (C=O) groups excluding carboxylic acids is 1. The molecule has 0 bridgehead atoms. The highest BCUT2D eigenvalue weighted by atomic mass is 35.5. The maximum Gasteiger partial charge on any atom is 0.237 e. The monoisotopic (exact) mass is 311 g/mol. The first-order valence-corrected chi connectivity index (χ1v) is 6.62. The van der Waals surface area contributed by atoms with Crippen LogP contribution < -0.4 is 10.6 Å². The molecule has 0 aromatic carbocycles.